The summed E-state index contributed by atoms with van der Waals surface area (Å²) >= 11 is 0. The SMILES string of the molecule is C=CCN(C(=O)OCCCC)C1CCC(C)CC1. The Kier molecular flexibility index (Phi) is 6.84. The van der Waals surface area contributed by atoms with E-state index in [1.807, 2.05) is 4.90 Å². The van der Waals surface area contributed by atoms with Crippen LogP contribution in [0.4, 0.5) is 4.79 Å². The first-order chi connectivity index (χ1) is 8.69. The molecule has 0 heterocycles. The minimum atomic E-state index is -0.164. The first kappa shape index (κ1) is 15.1. The third kappa shape index (κ3) is 4.71. The van der Waals surface area contributed by atoms with E-state index in [0.29, 0.717) is 19.2 Å². The molecule has 1 rings (SSSR count). The number of carbonyl (C=O) groups excluding carboxylic acids is 1. The van der Waals surface area contributed by atoms with E-state index in [-0.39, 0.29) is 6.09 Å². The highest BCUT2D eigenvalue weighted by Crippen LogP contribution is 2.27. The molecular weight excluding hydrogens is 226 g/mol. The van der Waals surface area contributed by atoms with E-state index in [0.717, 1.165) is 31.6 Å². The standard InChI is InChI=1S/C15H27NO2/c1-4-6-12-18-15(17)16(11-5-2)14-9-7-13(3)8-10-14/h5,13-14H,2,4,6-12H2,1,3H3. The third-order valence-electron chi connectivity index (χ3n) is 3.71. The summed E-state index contributed by atoms with van der Waals surface area (Å²) in [5, 5.41) is 0. The van der Waals surface area contributed by atoms with Crippen molar-refractivity contribution in [2.45, 2.75) is 58.4 Å². The Balaban J connectivity index is 2.47. The number of rotatable bonds is 6. The van der Waals surface area contributed by atoms with Crippen LogP contribution < -0.4 is 0 Å². The molecule has 0 spiro atoms. The number of unbranched alkanes of at least 4 members (excludes halogenated alkanes) is 1. The molecule has 0 N–H and O–H groups in total. The molecule has 1 aliphatic rings. The van der Waals surface area contributed by atoms with Crippen molar-refractivity contribution in [3.05, 3.63) is 12.7 Å². The summed E-state index contributed by atoms with van der Waals surface area (Å²) in [5.41, 5.74) is 0. The number of carbonyl (C=O) groups is 1. The molecule has 1 aliphatic carbocycles. The zero-order valence-electron chi connectivity index (χ0n) is 11.9. The van der Waals surface area contributed by atoms with Crippen molar-refractivity contribution in [3.63, 3.8) is 0 Å². The van der Waals surface area contributed by atoms with Crippen molar-refractivity contribution >= 4 is 6.09 Å². The summed E-state index contributed by atoms with van der Waals surface area (Å²) in [5.74, 6) is 0.794. The molecule has 1 amide bonds. The first-order valence-corrected chi connectivity index (χ1v) is 7.23. The zero-order valence-corrected chi connectivity index (χ0v) is 11.9. The van der Waals surface area contributed by atoms with Gasteiger partial charge in [-0.2, -0.15) is 0 Å². The van der Waals surface area contributed by atoms with Gasteiger partial charge in [-0.05, 0) is 38.0 Å². The van der Waals surface area contributed by atoms with Crippen LogP contribution in [0, 0.1) is 5.92 Å². The summed E-state index contributed by atoms with van der Waals surface area (Å²) in [4.78, 5) is 13.9. The van der Waals surface area contributed by atoms with E-state index in [1.54, 1.807) is 6.08 Å². The summed E-state index contributed by atoms with van der Waals surface area (Å²) in [7, 11) is 0. The van der Waals surface area contributed by atoms with Crippen molar-refractivity contribution < 1.29 is 9.53 Å². The summed E-state index contributed by atoms with van der Waals surface area (Å²) < 4.78 is 5.32. The smallest absolute Gasteiger partial charge is 0.410 e. The van der Waals surface area contributed by atoms with Gasteiger partial charge in [-0.3, -0.25) is 0 Å². The van der Waals surface area contributed by atoms with Gasteiger partial charge in [0.05, 0.1) is 6.61 Å². The van der Waals surface area contributed by atoms with Gasteiger partial charge in [-0.25, -0.2) is 4.79 Å². The second-order valence-corrected chi connectivity index (χ2v) is 5.32. The van der Waals surface area contributed by atoms with Gasteiger partial charge in [0.2, 0.25) is 0 Å². The molecule has 104 valence electrons. The van der Waals surface area contributed by atoms with Gasteiger partial charge in [-0.1, -0.05) is 26.3 Å². The molecule has 0 radical (unpaired) electrons. The van der Waals surface area contributed by atoms with Crippen molar-refractivity contribution in [2.24, 2.45) is 5.92 Å². The van der Waals surface area contributed by atoms with E-state index >= 15 is 0 Å². The fraction of sp³-hybridized carbons (Fsp3) is 0.800. The Morgan fingerprint density at radius 3 is 2.61 bits per heavy atom. The highest BCUT2D eigenvalue weighted by atomic mass is 16.6. The largest absolute Gasteiger partial charge is 0.449 e. The maximum Gasteiger partial charge on any atom is 0.410 e. The molecule has 0 aromatic carbocycles. The van der Waals surface area contributed by atoms with E-state index in [4.69, 9.17) is 4.74 Å². The summed E-state index contributed by atoms with van der Waals surface area (Å²) in [6.45, 7) is 9.26. The van der Waals surface area contributed by atoms with E-state index < -0.39 is 0 Å². The van der Waals surface area contributed by atoms with Crippen molar-refractivity contribution in [1.82, 2.24) is 4.90 Å². The normalized spacial score (nSPS) is 23.4. The lowest BCUT2D eigenvalue weighted by atomic mass is 9.87. The molecule has 3 heteroatoms. The van der Waals surface area contributed by atoms with Gasteiger partial charge >= 0.3 is 6.09 Å². The van der Waals surface area contributed by atoms with Crippen LogP contribution in [0.25, 0.3) is 0 Å². The predicted molar refractivity (Wildman–Crippen MR) is 74.6 cm³/mol. The lowest BCUT2D eigenvalue weighted by Crippen LogP contribution is -2.42. The zero-order chi connectivity index (χ0) is 13.4. The van der Waals surface area contributed by atoms with Crippen LogP contribution in [0.2, 0.25) is 0 Å². The number of ether oxygens (including phenoxy) is 1. The average Bonchev–Trinajstić information content (AvgIpc) is 2.37. The van der Waals surface area contributed by atoms with Gasteiger partial charge in [0.1, 0.15) is 0 Å². The minimum absolute atomic E-state index is 0.164. The maximum absolute atomic E-state index is 12.0. The Morgan fingerprint density at radius 1 is 1.39 bits per heavy atom. The van der Waals surface area contributed by atoms with Crippen molar-refractivity contribution in [1.29, 1.82) is 0 Å². The Bertz CT molecular complexity index is 257. The van der Waals surface area contributed by atoms with Gasteiger partial charge in [-0.15, -0.1) is 6.58 Å². The van der Waals surface area contributed by atoms with Crippen LogP contribution in [-0.4, -0.2) is 30.2 Å². The first-order valence-electron chi connectivity index (χ1n) is 7.23. The van der Waals surface area contributed by atoms with Crippen molar-refractivity contribution in [2.75, 3.05) is 13.2 Å². The van der Waals surface area contributed by atoms with Crippen LogP contribution in [0.5, 0.6) is 0 Å². The monoisotopic (exact) mass is 253 g/mol. The quantitative estimate of drug-likeness (QED) is 0.529. The highest BCUT2D eigenvalue weighted by Gasteiger charge is 2.27. The minimum Gasteiger partial charge on any atom is -0.449 e. The van der Waals surface area contributed by atoms with Crippen LogP contribution >= 0.6 is 0 Å². The van der Waals surface area contributed by atoms with E-state index in [1.165, 1.54) is 12.8 Å². The molecule has 0 aromatic heterocycles. The Hall–Kier alpha value is -0.990. The molecular formula is C15H27NO2. The lowest BCUT2D eigenvalue weighted by molar-refractivity contribution is 0.0777. The number of hydrogen-bond acceptors (Lipinski definition) is 2. The van der Waals surface area contributed by atoms with Gasteiger partial charge in [0.25, 0.3) is 0 Å². The predicted octanol–water partition coefficient (Wildman–Crippen LogP) is 3.99. The Labute approximate surface area is 111 Å². The van der Waals surface area contributed by atoms with Crippen LogP contribution in [0.1, 0.15) is 52.4 Å². The van der Waals surface area contributed by atoms with Gasteiger partial charge < -0.3 is 9.64 Å². The fourth-order valence-electron chi connectivity index (χ4n) is 2.45. The molecule has 0 aromatic rings. The number of nitrogens with zero attached hydrogens (tertiary/aromatic N) is 1. The molecule has 0 aliphatic heterocycles. The van der Waals surface area contributed by atoms with E-state index in [2.05, 4.69) is 20.4 Å². The number of amides is 1. The summed E-state index contributed by atoms with van der Waals surface area (Å²) in [6, 6.07) is 0.341. The molecule has 0 unspecified atom stereocenters. The topological polar surface area (TPSA) is 29.5 Å². The van der Waals surface area contributed by atoms with Crippen LogP contribution in [0.15, 0.2) is 12.7 Å². The fourth-order valence-corrected chi connectivity index (χ4v) is 2.45. The third-order valence-corrected chi connectivity index (χ3v) is 3.71. The van der Waals surface area contributed by atoms with E-state index in [9.17, 15) is 4.79 Å². The number of hydrogen-bond donors (Lipinski definition) is 0. The maximum atomic E-state index is 12.0. The second kappa shape index (κ2) is 8.17. The highest BCUT2D eigenvalue weighted by molar-refractivity contribution is 5.68. The average molecular weight is 253 g/mol. The molecule has 0 bridgehead atoms. The molecule has 3 nitrogen and oxygen atoms in total. The Morgan fingerprint density at radius 2 is 2.06 bits per heavy atom. The van der Waals surface area contributed by atoms with Crippen molar-refractivity contribution in [3.8, 4) is 0 Å². The second-order valence-electron chi connectivity index (χ2n) is 5.32. The molecule has 0 saturated heterocycles. The van der Waals surface area contributed by atoms with Gasteiger partial charge in [0.15, 0.2) is 0 Å². The van der Waals surface area contributed by atoms with Crippen LogP contribution in [-0.2, 0) is 4.74 Å². The van der Waals surface area contributed by atoms with Crippen LogP contribution in [0.3, 0.4) is 0 Å². The lowest BCUT2D eigenvalue weighted by Gasteiger charge is -2.34. The summed E-state index contributed by atoms with van der Waals surface area (Å²) in [6.07, 6.45) is 8.23. The van der Waals surface area contributed by atoms with Gasteiger partial charge in [0, 0.05) is 12.6 Å². The molecule has 18 heavy (non-hydrogen) atoms. The molecule has 1 fully saturated rings. The molecule has 0 atom stereocenters. The molecule has 1 saturated carbocycles.